The lowest BCUT2D eigenvalue weighted by atomic mass is 10.1. The van der Waals surface area contributed by atoms with Crippen molar-refractivity contribution in [2.75, 3.05) is 10.6 Å². The third kappa shape index (κ3) is 4.08. The Labute approximate surface area is 124 Å². The second-order valence-corrected chi connectivity index (χ2v) is 4.88. The predicted molar refractivity (Wildman–Crippen MR) is 84.0 cm³/mol. The van der Waals surface area contributed by atoms with Crippen molar-refractivity contribution in [1.82, 2.24) is 0 Å². The number of carbonyl (C=O) groups is 1. The maximum atomic E-state index is 11.2. The minimum Gasteiger partial charge on any atom is -0.381 e. The van der Waals surface area contributed by atoms with E-state index in [2.05, 4.69) is 16.7 Å². The maximum absolute atomic E-state index is 11.2. The van der Waals surface area contributed by atoms with Crippen molar-refractivity contribution in [1.29, 1.82) is 5.26 Å². The van der Waals surface area contributed by atoms with Gasteiger partial charge in [0.1, 0.15) is 0 Å². The van der Waals surface area contributed by atoms with Crippen LogP contribution in [0.2, 0.25) is 0 Å². The average Bonchev–Trinajstić information content (AvgIpc) is 2.48. The summed E-state index contributed by atoms with van der Waals surface area (Å²) in [7, 11) is 0. The molecule has 21 heavy (non-hydrogen) atoms. The smallest absolute Gasteiger partial charge is 0.221 e. The van der Waals surface area contributed by atoms with E-state index in [9.17, 15) is 4.79 Å². The van der Waals surface area contributed by atoms with Gasteiger partial charge in [0.25, 0.3) is 0 Å². The standard InChI is InChI=1S/C17H17N3O/c1-12-6-7-16(9-17(12)20-13(2)21)19-11-15-5-3-4-14(8-15)10-18/h3-9,19H,11H2,1-2H3,(H,20,21). The van der Waals surface area contributed by atoms with Gasteiger partial charge in [0, 0.05) is 24.8 Å². The molecular formula is C17H17N3O. The van der Waals surface area contributed by atoms with Crippen molar-refractivity contribution in [3.8, 4) is 6.07 Å². The number of benzene rings is 2. The summed E-state index contributed by atoms with van der Waals surface area (Å²) in [5, 5.41) is 15.0. The number of aryl methyl sites for hydroxylation is 1. The van der Waals surface area contributed by atoms with Crippen LogP contribution in [0.1, 0.15) is 23.6 Å². The molecule has 2 N–H and O–H groups in total. The zero-order valence-corrected chi connectivity index (χ0v) is 12.1. The largest absolute Gasteiger partial charge is 0.381 e. The van der Waals surface area contributed by atoms with Crippen molar-refractivity contribution in [3.63, 3.8) is 0 Å². The Morgan fingerprint density at radius 2 is 2.05 bits per heavy atom. The number of anilines is 2. The Hall–Kier alpha value is -2.80. The minimum atomic E-state index is -0.0861. The quantitative estimate of drug-likeness (QED) is 0.901. The molecule has 0 aliphatic carbocycles. The van der Waals surface area contributed by atoms with E-state index in [4.69, 9.17) is 5.26 Å². The molecule has 0 radical (unpaired) electrons. The molecule has 2 aromatic carbocycles. The fourth-order valence-electron chi connectivity index (χ4n) is 2.01. The second-order valence-electron chi connectivity index (χ2n) is 4.88. The second kappa shape index (κ2) is 6.58. The Morgan fingerprint density at radius 3 is 2.76 bits per heavy atom. The van der Waals surface area contributed by atoms with Gasteiger partial charge in [-0.25, -0.2) is 0 Å². The molecule has 2 aromatic rings. The molecule has 0 aliphatic rings. The third-order valence-corrected chi connectivity index (χ3v) is 3.10. The number of carbonyl (C=O) groups excluding carboxylic acids is 1. The van der Waals surface area contributed by atoms with Crippen molar-refractivity contribution < 1.29 is 4.79 Å². The van der Waals surface area contributed by atoms with E-state index >= 15 is 0 Å². The molecule has 0 spiro atoms. The number of nitrogens with zero attached hydrogens (tertiary/aromatic N) is 1. The Balaban J connectivity index is 2.09. The highest BCUT2D eigenvalue weighted by Gasteiger charge is 2.02. The number of amides is 1. The molecule has 0 saturated heterocycles. The molecule has 2 rings (SSSR count). The molecule has 0 atom stereocenters. The Morgan fingerprint density at radius 1 is 1.24 bits per heavy atom. The van der Waals surface area contributed by atoms with Crippen LogP contribution in [0.15, 0.2) is 42.5 Å². The molecule has 0 bridgehead atoms. The zero-order chi connectivity index (χ0) is 15.2. The van der Waals surface area contributed by atoms with Crippen molar-refractivity contribution in [3.05, 3.63) is 59.2 Å². The molecule has 0 heterocycles. The summed E-state index contributed by atoms with van der Waals surface area (Å²) in [6, 6.07) is 15.4. The fraction of sp³-hybridized carbons (Fsp3) is 0.176. The van der Waals surface area contributed by atoms with E-state index in [1.807, 2.05) is 43.3 Å². The van der Waals surface area contributed by atoms with Gasteiger partial charge in [-0.2, -0.15) is 5.26 Å². The van der Waals surface area contributed by atoms with Gasteiger partial charge in [0.2, 0.25) is 5.91 Å². The first-order chi connectivity index (χ1) is 10.1. The van der Waals surface area contributed by atoms with Gasteiger partial charge in [-0.3, -0.25) is 4.79 Å². The summed E-state index contributed by atoms with van der Waals surface area (Å²) in [5.74, 6) is -0.0861. The Bertz CT molecular complexity index is 701. The van der Waals surface area contributed by atoms with E-state index in [1.54, 1.807) is 6.07 Å². The van der Waals surface area contributed by atoms with E-state index in [1.165, 1.54) is 6.92 Å². The van der Waals surface area contributed by atoms with E-state index in [-0.39, 0.29) is 5.91 Å². The highest BCUT2D eigenvalue weighted by atomic mass is 16.1. The lowest BCUT2D eigenvalue weighted by Crippen LogP contribution is -2.08. The third-order valence-electron chi connectivity index (χ3n) is 3.10. The van der Waals surface area contributed by atoms with Crippen LogP contribution in [0.25, 0.3) is 0 Å². The van der Waals surface area contributed by atoms with Crippen LogP contribution < -0.4 is 10.6 Å². The first-order valence-electron chi connectivity index (χ1n) is 6.69. The summed E-state index contributed by atoms with van der Waals surface area (Å²) >= 11 is 0. The molecule has 4 heteroatoms. The molecule has 0 saturated carbocycles. The summed E-state index contributed by atoms with van der Waals surface area (Å²) in [5.41, 5.74) is 4.43. The molecule has 0 fully saturated rings. The van der Waals surface area contributed by atoms with Gasteiger partial charge in [0.05, 0.1) is 11.6 Å². The number of nitriles is 1. The molecule has 0 unspecified atom stereocenters. The first-order valence-corrected chi connectivity index (χ1v) is 6.69. The highest BCUT2D eigenvalue weighted by Crippen LogP contribution is 2.21. The van der Waals surface area contributed by atoms with Crippen LogP contribution in [-0.2, 0) is 11.3 Å². The van der Waals surface area contributed by atoms with Gasteiger partial charge < -0.3 is 10.6 Å². The van der Waals surface area contributed by atoms with Gasteiger partial charge >= 0.3 is 0 Å². The van der Waals surface area contributed by atoms with Crippen LogP contribution in [0.3, 0.4) is 0 Å². The van der Waals surface area contributed by atoms with E-state index in [0.29, 0.717) is 12.1 Å². The SMILES string of the molecule is CC(=O)Nc1cc(NCc2cccc(C#N)c2)ccc1C. The van der Waals surface area contributed by atoms with Crippen LogP contribution in [0, 0.1) is 18.3 Å². The van der Waals surface area contributed by atoms with Gasteiger partial charge in [-0.1, -0.05) is 18.2 Å². The number of hydrogen-bond donors (Lipinski definition) is 2. The maximum Gasteiger partial charge on any atom is 0.221 e. The van der Waals surface area contributed by atoms with Crippen molar-refractivity contribution in [2.45, 2.75) is 20.4 Å². The number of hydrogen-bond acceptors (Lipinski definition) is 3. The van der Waals surface area contributed by atoms with Crippen molar-refractivity contribution in [2.24, 2.45) is 0 Å². The summed E-state index contributed by atoms with van der Waals surface area (Å²) in [6.07, 6.45) is 0. The zero-order valence-electron chi connectivity index (χ0n) is 12.1. The highest BCUT2D eigenvalue weighted by molar-refractivity contribution is 5.90. The summed E-state index contributed by atoms with van der Waals surface area (Å²) < 4.78 is 0. The van der Waals surface area contributed by atoms with Gasteiger partial charge in [-0.15, -0.1) is 0 Å². The summed E-state index contributed by atoms with van der Waals surface area (Å²) in [6.45, 7) is 4.07. The number of nitrogens with one attached hydrogen (secondary N) is 2. The first kappa shape index (κ1) is 14.6. The fourth-order valence-corrected chi connectivity index (χ4v) is 2.01. The molecule has 106 valence electrons. The monoisotopic (exact) mass is 279 g/mol. The minimum absolute atomic E-state index is 0.0861. The van der Waals surface area contributed by atoms with Crippen LogP contribution in [0.5, 0.6) is 0 Å². The predicted octanol–water partition coefficient (Wildman–Crippen LogP) is 3.44. The summed E-state index contributed by atoms with van der Waals surface area (Å²) in [4.78, 5) is 11.2. The molecular weight excluding hydrogens is 262 g/mol. The topological polar surface area (TPSA) is 64.9 Å². The van der Waals surface area contributed by atoms with E-state index < -0.39 is 0 Å². The number of rotatable bonds is 4. The van der Waals surface area contributed by atoms with Crippen LogP contribution in [0.4, 0.5) is 11.4 Å². The Kier molecular flexibility index (Phi) is 4.57. The van der Waals surface area contributed by atoms with Crippen molar-refractivity contribution >= 4 is 17.3 Å². The average molecular weight is 279 g/mol. The van der Waals surface area contributed by atoms with Crippen LogP contribution in [-0.4, -0.2) is 5.91 Å². The van der Waals surface area contributed by atoms with E-state index in [0.717, 1.165) is 22.5 Å². The van der Waals surface area contributed by atoms with Crippen LogP contribution >= 0.6 is 0 Å². The molecule has 4 nitrogen and oxygen atoms in total. The van der Waals surface area contributed by atoms with Gasteiger partial charge in [-0.05, 0) is 42.3 Å². The normalized spacial score (nSPS) is 9.76. The molecule has 1 amide bonds. The lowest BCUT2D eigenvalue weighted by molar-refractivity contribution is -0.114. The molecule has 0 aromatic heterocycles. The molecule has 0 aliphatic heterocycles. The van der Waals surface area contributed by atoms with Gasteiger partial charge in [0.15, 0.2) is 0 Å². The lowest BCUT2D eigenvalue weighted by Gasteiger charge is -2.11.